The van der Waals surface area contributed by atoms with Gasteiger partial charge in [-0.05, 0) is 65.3 Å². The molecule has 0 atom stereocenters. The van der Waals surface area contributed by atoms with Crippen LogP contribution in [0.1, 0.15) is 57.5 Å². The second-order valence-corrected chi connectivity index (χ2v) is 13.1. The molecule has 0 aromatic heterocycles. The molecule has 0 unspecified atom stereocenters. The molecule has 0 radical (unpaired) electrons. The fraction of sp³-hybridized carbons (Fsp3) is 0.531. The van der Waals surface area contributed by atoms with Gasteiger partial charge in [0, 0.05) is 76.6 Å². The molecule has 2 saturated heterocycles. The molecule has 2 fully saturated rings. The Morgan fingerprint density at radius 3 is 1.67 bits per heavy atom. The molecule has 2 amide bonds. The summed E-state index contributed by atoms with van der Waals surface area (Å²) in [6.45, 7) is 17.1. The third-order valence-corrected chi connectivity index (χ3v) is 6.71. The lowest BCUT2D eigenvalue weighted by Crippen LogP contribution is -2.49. The van der Waals surface area contributed by atoms with Crippen LogP contribution in [-0.2, 0) is 16.0 Å². The average molecular weight is 695 g/mol. The van der Waals surface area contributed by atoms with Gasteiger partial charge in [0.05, 0.1) is 9.85 Å². The van der Waals surface area contributed by atoms with Crippen molar-refractivity contribution in [3.63, 3.8) is 0 Å². The number of nitro groups is 2. The van der Waals surface area contributed by atoms with E-state index in [9.17, 15) is 43.4 Å². The van der Waals surface area contributed by atoms with Crippen LogP contribution in [0.4, 0.5) is 29.7 Å². The lowest BCUT2D eigenvalue weighted by molar-refractivity contribution is -0.387. The summed E-state index contributed by atoms with van der Waals surface area (Å²) in [6, 6.07) is 6.88. The smallest absolute Gasteiger partial charge is 0.410 e. The van der Waals surface area contributed by atoms with E-state index >= 15 is 0 Å². The zero-order valence-electron chi connectivity index (χ0n) is 28.6. The summed E-state index contributed by atoms with van der Waals surface area (Å²) in [5.74, 6) is -1.77. The Morgan fingerprint density at radius 2 is 1.22 bits per heavy atom. The van der Waals surface area contributed by atoms with Crippen LogP contribution in [0, 0.1) is 31.9 Å². The maximum Gasteiger partial charge on any atom is 0.410 e. The van der Waals surface area contributed by atoms with Crippen molar-refractivity contribution < 1.29 is 42.5 Å². The number of halogens is 2. The fourth-order valence-electron chi connectivity index (χ4n) is 4.39. The summed E-state index contributed by atoms with van der Waals surface area (Å²) < 4.78 is 36.5. The molecule has 0 aliphatic carbocycles. The first kappa shape index (κ1) is 40.4. The monoisotopic (exact) mass is 694 g/mol. The molecular weight excluding hydrogens is 650 g/mol. The third kappa shape index (κ3) is 14.5. The number of carbonyl (C=O) groups excluding carboxylic acids is 3. The quantitative estimate of drug-likeness (QED) is 0.248. The first-order valence-corrected chi connectivity index (χ1v) is 15.5. The van der Waals surface area contributed by atoms with Crippen molar-refractivity contribution in [3.05, 3.63) is 79.4 Å². The molecule has 270 valence electrons. The minimum atomic E-state index is -0.939. The van der Waals surface area contributed by atoms with Gasteiger partial charge in [-0.2, -0.15) is 8.78 Å². The van der Waals surface area contributed by atoms with Gasteiger partial charge in [-0.25, -0.2) is 9.59 Å². The second kappa shape index (κ2) is 18.1. The van der Waals surface area contributed by atoms with Crippen LogP contribution >= 0.6 is 0 Å². The van der Waals surface area contributed by atoms with E-state index in [0.29, 0.717) is 44.6 Å². The molecule has 1 N–H and O–H groups in total. The summed E-state index contributed by atoms with van der Waals surface area (Å²) in [5, 5.41) is 24.1. The number of ether oxygens (including phenoxy) is 2. The Hall–Kier alpha value is -4.77. The summed E-state index contributed by atoms with van der Waals surface area (Å²) in [6.07, 6.45) is -0.111. The third-order valence-electron chi connectivity index (χ3n) is 6.71. The van der Waals surface area contributed by atoms with Gasteiger partial charge in [-0.1, -0.05) is 6.07 Å². The lowest BCUT2D eigenvalue weighted by atomic mass is 10.1. The van der Waals surface area contributed by atoms with Crippen molar-refractivity contribution in [2.24, 2.45) is 0 Å². The Balaban J connectivity index is 0.000000281. The van der Waals surface area contributed by atoms with Crippen LogP contribution in [0.3, 0.4) is 0 Å². The zero-order chi connectivity index (χ0) is 36.9. The van der Waals surface area contributed by atoms with Crippen LogP contribution in [0.15, 0.2) is 36.4 Å². The molecule has 2 aliphatic rings. The van der Waals surface area contributed by atoms with E-state index in [1.807, 2.05) is 41.5 Å². The molecule has 0 saturated carbocycles. The maximum absolute atomic E-state index is 13.4. The second-order valence-electron chi connectivity index (χ2n) is 13.1. The summed E-state index contributed by atoms with van der Waals surface area (Å²) in [5.41, 5.74) is -1.35. The van der Waals surface area contributed by atoms with Gasteiger partial charge < -0.3 is 24.6 Å². The number of nitrogens with zero attached hydrogens (tertiary/aromatic N) is 5. The number of rotatable bonds is 5. The van der Waals surface area contributed by atoms with Crippen LogP contribution in [0.5, 0.6) is 0 Å². The molecule has 2 aromatic carbocycles. The van der Waals surface area contributed by atoms with Crippen molar-refractivity contribution in [2.75, 3.05) is 52.4 Å². The highest BCUT2D eigenvalue weighted by atomic mass is 19.1. The number of carbonyl (C=O) groups is 3. The number of benzene rings is 2. The van der Waals surface area contributed by atoms with E-state index < -0.39 is 38.5 Å². The van der Waals surface area contributed by atoms with E-state index in [1.54, 1.807) is 15.9 Å². The van der Waals surface area contributed by atoms with Gasteiger partial charge in [-0.15, -0.1) is 0 Å². The standard InChI is InChI=1S/C16H22FN3O4.C9H18N2O2.C7H4FNO3/c1-16(2,3)24-15(21)19-8-6-18(7-9-19)11-12-4-5-13(17)14(10-12)20(22)23;1-9(2,3)13-8(12)11-6-4-10-5-7-11;8-6-2-1-5(4-10)3-7(6)9(11)12/h4-5,10H,6-9,11H2,1-3H3;10H,4-7H2,1-3H3;1-4H. The summed E-state index contributed by atoms with van der Waals surface area (Å²) in [7, 11) is 0. The largest absolute Gasteiger partial charge is 0.444 e. The van der Waals surface area contributed by atoms with E-state index in [0.717, 1.165) is 44.4 Å². The highest BCUT2D eigenvalue weighted by molar-refractivity contribution is 5.76. The minimum absolute atomic E-state index is 0.0862. The number of nitro benzene ring substituents is 2. The van der Waals surface area contributed by atoms with Crippen LogP contribution in [-0.4, -0.2) is 107 Å². The van der Waals surface area contributed by atoms with E-state index in [4.69, 9.17) is 9.47 Å². The normalized spacial score (nSPS) is 15.1. The Morgan fingerprint density at radius 1 is 0.776 bits per heavy atom. The molecule has 0 spiro atoms. The molecule has 2 aromatic rings. The molecule has 2 aliphatic heterocycles. The summed E-state index contributed by atoms with van der Waals surface area (Å²) >= 11 is 0. The van der Waals surface area contributed by atoms with Crippen LogP contribution < -0.4 is 5.32 Å². The first-order chi connectivity index (χ1) is 22.8. The number of amides is 2. The highest BCUT2D eigenvalue weighted by Crippen LogP contribution is 2.21. The fourth-order valence-corrected chi connectivity index (χ4v) is 4.39. The maximum atomic E-state index is 13.4. The number of hydrogen-bond acceptors (Lipinski definition) is 11. The Bertz CT molecular complexity index is 1470. The average Bonchev–Trinajstić information content (AvgIpc) is 3.02. The van der Waals surface area contributed by atoms with Gasteiger partial charge >= 0.3 is 23.6 Å². The number of hydrogen-bond donors (Lipinski definition) is 1. The Kier molecular flexibility index (Phi) is 14.9. The lowest BCUT2D eigenvalue weighted by Gasteiger charge is -2.35. The number of nitrogens with one attached hydrogen (secondary N) is 1. The molecular formula is C32H44F2N6O9. The molecule has 15 nitrogen and oxygen atoms in total. The van der Waals surface area contributed by atoms with Crippen molar-refractivity contribution in [1.29, 1.82) is 0 Å². The van der Waals surface area contributed by atoms with Crippen LogP contribution in [0.2, 0.25) is 0 Å². The van der Waals surface area contributed by atoms with E-state index in [1.165, 1.54) is 12.1 Å². The first-order valence-electron chi connectivity index (χ1n) is 15.5. The number of piperazine rings is 2. The molecule has 4 rings (SSSR count). The van der Waals surface area contributed by atoms with E-state index in [-0.39, 0.29) is 23.4 Å². The molecule has 49 heavy (non-hydrogen) atoms. The number of aldehydes is 1. The summed E-state index contributed by atoms with van der Waals surface area (Å²) in [4.78, 5) is 58.4. The van der Waals surface area contributed by atoms with Gasteiger partial charge in [0.1, 0.15) is 17.5 Å². The van der Waals surface area contributed by atoms with Gasteiger partial charge in [0.25, 0.3) is 0 Å². The van der Waals surface area contributed by atoms with Crippen LogP contribution in [0.25, 0.3) is 0 Å². The van der Waals surface area contributed by atoms with Crippen molar-refractivity contribution in [3.8, 4) is 0 Å². The SMILES string of the molecule is CC(C)(C)OC(=O)N1CCN(Cc2ccc(F)c([N+](=O)[O-])c2)CC1.CC(C)(C)OC(=O)N1CCNCC1.O=Cc1ccc(F)c([N+](=O)[O-])c1. The van der Waals surface area contributed by atoms with Gasteiger partial charge in [0.2, 0.25) is 11.6 Å². The van der Waals surface area contributed by atoms with Crippen molar-refractivity contribution >= 4 is 29.8 Å². The highest BCUT2D eigenvalue weighted by Gasteiger charge is 2.26. The van der Waals surface area contributed by atoms with Gasteiger partial charge in [0.15, 0.2) is 0 Å². The van der Waals surface area contributed by atoms with E-state index in [2.05, 4.69) is 10.2 Å². The zero-order valence-corrected chi connectivity index (χ0v) is 28.6. The minimum Gasteiger partial charge on any atom is -0.444 e. The van der Waals surface area contributed by atoms with Crippen molar-refractivity contribution in [1.82, 2.24) is 20.0 Å². The predicted octanol–water partition coefficient (Wildman–Crippen LogP) is 5.16. The predicted molar refractivity (Wildman–Crippen MR) is 175 cm³/mol. The van der Waals surface area contributed by atoms with Crippen molar-refractivity contribution in [2.45, 2.75) is 59.3 Å². The Labute approximate surface area is 283 Å². The topological polar surface area (TPSA) is 178 Å². The van der Waals surface area contributed by atoms with Gasteiger partial charge in [-0.3, -0.25) is 29.9 Å². The molecule has 0 bridgehead atoms. The molecule has 17 heteroatoms. The molecule has 2 heterocycles.